The predicted molar refractivity (Wildman–Crippen MR) is 96.3 cm³/mol. The van der Waals surface area contributed by atoms with Crippen molar-refractivity contribution in [3.05, 3.63) is 40.4 Å². The zero-order chi connectivity index (χ0) is 18.5. The van der Waals surface area contributed by atoms with Crippen molar-refractivity contribution >= 4 is 29.4 Å². The first-order chi connectivity index (χ1) is 11.6. The molecule has 1 aliphatic heterocycles. The van der Waals surface area contributed by atoms with Crippen LogP contribution in [0.5, 0.6) is 0 Å². The van der Waals surface area contributed by atoms with E-state index < -0.39 is 23.7 Å². The summed E-state index contributed by atoms with van der Waals surface area (Å²) in [6.07, 6.45) is 3.95. The van der Waals surface area contributed by atoms with Crippen molar-refractivity contribution in [2.75, 3.05) is 4.90 Å². The van der Waals surface area contributed by atoms with Crippen molar-refractivity contribution in [2.24, 2.45) is 5.92 Å². The van der Waals surface area contributed by atoms with Crippen LogP contribution in [0.1, 0.15) is 44.2 Å². The highest BCUT2D eigenvalue weighted by Gasteiger charge is 2.49. The van der Waals surface area contributed by atoms with Gasteiger partial charge in [0.1, 0.15) is 11.6 Å². The number of carboxylic acid groups (broad SMARTS) is 1. The van der Waals surface area contributed by atoms with Crippen LogP contribution in [0.15, 0.2) is 24.3 Å². The topological polar surface area (TPSA) is 66.8 Å². The van der Waals surface area contributed by atoms with Crippen molar-refractivity contribution in [1.82, 2.24) is 0 Å². The number of halogens is 1. The number of aryl methyl sites for hydroxylation is 1. The summed E-state index contributed by atoms with van der Waals surface area (Å²) in [5.41, 5.74) is 1.52. The number of amides is 1. The van der Waals surface area contributed by atoms with Gasteiger partial charge in [-0.2, -0.15) is 0 Å². The number of rotatable bonds is 1. The number of carbonyl (C=O) groups excluding carboxylic acids is 1. The number of allylic oxidation sites excluding steroid dienone is 2. The number of carboxylic acids is 1. The van der Waals surface area contributed by atoms with E-state index in [9.17, 15) is 14.7 Å². The number of ether oxygens (including phenoxy) is 1. The van der Waals surface area contributed by atoms with E-state index in [2.05, 4.69) is 0 Å². The molecule has 0 spiro atoms. The van der Waals surface area contributed by atoms with Gasteiger partial charge in [0.05, 0.1) is 5.69 Å². The van der Waals surface area contributed by atoms with Crippen LogP contribution in [0.25, 0.3) is 0 Å². The second-order valence-corrected chi connectivity index (χ2v) is 8.08. The average Bonchev–Trinajstić information content (AvgIpc) is 2.92. The van der Waals surface area contributed by atoms with Gasteiger partial charge in [-0.25, -0.2) is 9.59 Å². The molecule has 1 aromatic rings. The van der Waals surface area contributed by atoms with Gasteiger partial charge in [0, 0.05) is 16.9 Å². The zero-order valence-electron chi connectivity index (χ0n) is 14.7. The summed E-state index contributed by atoms with van der Waals surface area (Å²) < 4.78 is 5.52. The molecule has 0 saturated heterocycles. The molecule has 1 aromatic carbocycles. The van der Waals surface area contributed by atoms with Gasteiger partial charge in [-0.1, -0.05) is 23.8 Å². The molecule has 3 atom stereocenters. The minimum Gasteiger partial charge on any atom is -0.480 e. The lowest BCUT2D eigenvalue weighted by atomic mass is 9.77. The molecule has 1 N–H and O–H groups in total. The molecule has 1 aliphatic carbocycles. The van der Waals surface area contributed by atoms with E-state index in [1.165, 1.54) is 4.90 Å². The fourth-order valence-corrected chi connectivity index (χ4v) is 4.10. The Labute approximate surface area is 152 Å². The normalized spacial score (nSPS) is 24.7. The number of nitrogens with zero attached hydrogens (tertiary/aromatic N) is 1. The van der Waals surface area contributed by atoms with E-state index in [1.807, 2.05) is 25.1 Å². The Bertz CT molecular complexity index is 765. The highest BCUT2D eigenvalue weighted by Crippen LogP contribution is 2.49. The first-order valence-corrected chi connectivity index (χ1v) is 8.69. The monoisotopic (exact) mass is 363 g/mol. The maximum Gasteiger partial charge on any atom is 0.415 e. The number of aliphatic carboxylic acids is 1. The van der Waals surface area contributed by atoms with Crippen molar-refractivity contribution in [1.29, 1.82) is 0 Å². The molecule has 0 bridgehead atoms. The molecular formula is C19H22ClNO4. The quantitative estimate of drug-likeness (QED) is 0.745. The number of anilines is 1. The second kappa shape index (κ2) is 6.06. The summed E-state index contributed by atoms with van der Waals surface area (Å²) in [5.74, 6) is -1.31. The Hall–Kier alpha value is -2.01. The molecule has 25 heavy (non-hydrogen) atoms. The summed E-state index contributed by atoms with van der Waals surface area (Å²) >= 11 is 6.23. The smallest absolute Gasteiger partial charge is 0.415 e. The number of fused-ring (bicyclic) bond motifs is 3. The van der Waals surface area contributed by atoms with E-state index in [-0.39, 0.29) is 11.8 Å². The van der Waals surface area contributed by atoms with Crippen LogP contribution >= 0.6 is 11.6 Å². The molecule has 1 amide bonds. The lowest BCUT2D eigenvalue weighted by Crippen LogP contribution is -2.54. The lowest BCUT2D eigenvalue weighted by Gasteiger charge is -2.43. The third-order valence-corrected chi connectivity index (χ3v) is 4.85. The summed E-state index contributed by atoms with van der Waals surface area (Å²) in [4.78, 5) is 26.3. The molecule has 3 rings (SSSR count). The van der Waals surface area contributed by atoms with Gasteiger partial charge in [-0.3, -0.25) is 4.90 Å². The van der Waals surface area contributed by atoms with Gasteiger partial charge in [0.25, 0.3) is 0 Å². The van der Waals surface area contributed by atoms with E-state index in [4.69, 9.17) is 16.3 Å². The summed E-state index contributed by atoms with van der Waals surface area (Å²) in [7, 11) is 0. The maximum atomic E-state index is 12.9. The average molecular weight is 364 g/mol. The Morgan fingerprint density at radius 2 is 2.00 bits per heavy atom. The molecule has 0 saturated carbocycles. The van der Waals surface area contributed by atoms with E-state index >= 15 is 0 Å². The summed E-state index contributed by atoms with van der Waals surface area (Å²) in [5, 5.41) is 10.4. The van der Waals surface area contributed by atoms with Crippen LogP contribution in [-0.2, 0) is 9.53 Å². The minimum atomic E-state index is -1.02. The van der Waals surface area contributed by atoms with E-state index in [1.54, 1.807) is 26.8 Å². The van der Waals surface area contributed by atoms with Crippen LogP contribution in [0.2, 0.25) is 5.02 Å². The third-order valence-electron chi connectivity index (χ3n) is 4.63. The first-order valence-electron chi connectivity index (χ1n) is 8.32. The van der Waals surface area contributed by atoms with Gasteiger partial charge in [-0.15, -0.1) is 0 Å². The standard InChI is InChI=1S/C19H22ClNO4/c1-10-8-11(20)9-14-12-6-5-7-13(12)16(17(22)23)21(15(10)14)18(24)25-19(2,3)4/h5-6,8-9,12-13,16H,7H2,1-4H3,(H,22,23)/t12-,13+,16-/m1/s1. The Morgan fingerprint density at radius 1 is 1.32 bits per heavy atom. The molecule has 5 nitrogen and oxygen atoms in total. The number of hydrogen-bond donors (Lipinski definition) is 1. The summed E-state index contributed by atoms with van der Waals surface area (Å²) in [6.45, 7) is 7.13. The molecule has 1 heterocycles. The Morgan fingerprint density at radius 3 is 2.60 bits per heavy atom. The molecular weight excluding hydrogens is 342 g/mol. The van der Waals surface area contributed by atoms with Crippen LogP contribution in [-0.4, -0.2) is 28.8 Å². The minimum absolute atomic E-state index is 0.0628. The van der Waals surface area contributed by atoms with Gasteiger partial charge < -0.3 is 9.84 Å². The zero-order valence-corrected chi connectivity index (χ0v) is 15.5. The number of carbonyl (C=O) groups is 2. The predicted octanol–water partition coefficient (Wildman–Crippen LogP) is 4.52. The molecule has 0 fully saturated rings. The molecule has 2 aliphatic rings. The highest BCUT2D eigenvalue weighted by atomic mass is 35.5. The second-order valence-electron chi connectivity index (χ2n) is 7.65. The van der Waals surface area contributed by atoms with Crippen molar-refractivity contribution in [3.8, 4) is 0 Å². The molecule has 0 radical (unpaired) electrons. The van der Waals surface area contributed by atoms with E-state index in [0.29, 0.717) is 17.1 Å². The first kappa shape index (κ1) is 17.8. The van der Waals surface area contributed by atoms with Crippen LogP contribution in [0.3, 0.4) is 0 Å². The number of hydrogen-bond acceptors (Lipinski definition) is 3. The van der Waals surface area contributed by atoms with Crippen molar-refractivity contribution < 1.29 is 19.4 Å². The van der Waals surface area contributed by atoms with Crippen LogP contribution in [0.4, 0.5) is 10.5 Å². The maximum absolute atomic E-state index is 12.9. The van der Waals surface area contributed by atoms with Crippen molar-refractivity contribution in [3.63, 3.8) is 0 Å². The number of benzene rings is 1. The summed E-state index contributed by atoms with van der Waals surface area (Å²) in [6, 6.07) is 2.60. The van der Waals surface area contributed by atoms with E-state index in [0.717, 1.165) is 11.1 Å². The van der Waals surface area contributed by atoms with Gasteiger partial charge in [0.2, 0.25) is 0 Å². The SMILES string of the molecule is Cc1cc(Cl)cc2c1N(C(=O)OC(C)(C)C)[C@@H](C(=O)O)[C@H]1CC=C[C@@H]21. The van der Waals surface area contributed by atoms with Gasteiger partial charge in [-0.05, 0) is 57.4 Å². The van der Waals surface area contributed by atoms with Crippen LogP contribution in [0, 0.1) is 12.8 Å². The fraction of sp³-hybridized carbons (Fsp3) is 0.474. The van der Waals surface area contributed by atoms with Gasteiger partial charge in [0.15, 0.2) is 0 Å². The van der Waals surface area contributed by atoms with Gasteiger partial charge >= 0.3 is 12.1 Å². The van der Waals surface area contributed by atoms with Crippen molar-refractivity contribution in [2.45, 2.75) is 51.7 Å². The third kappa shape index (κ3) is 3.13. The lowest BCUT2D eigenvalue weighted by molar-refractivity contribution is -0.140. The Kier molecular flexibility index (Phi) is 4.31. The Balaban J connectivity index is 2.19. The molecule has 0 unspecified atom stereocenters. The highest BCUT2D eigenvalue weighted by molar-refractivity contribution is 6.31. The van der Waals surface area contributed by atoms with Crippen LogP contribution < -0.4 is 4.90 Å². The molecule has 0 aromatic heterocycles. The molecule has 134 valence electrons. The largest absolute Gasteiger partial charge is 0.480 e. The fourth-order valence-electron chi connectivity index (χ4n) is 3.82. The molecule has 6 heteroatoms.